The van der Waals surface area contributed by atoms with Gasteiger partial charge >= 0.3 is 53.5 Å². The number of hydrogen-bond acceptors (Lipinski definition) is 1. The molecule has 0 saturated carbocycles. The second-order valence-electron chi connectivity index (χ2n) is 0.747. The molecule has 2 nitrogen and oxygen atoms in total. The van der Waals surface area contributed by atoms with E-state index >= 15 is 0 Å². The van der Waals surface area contributed by atoms with E-state index < -0.39 is 41.6 Å². The quantitative estimate of drug-likeness (QED) is 0.774. The number of carboxylic acid groups (broad SMARTS) is 1. The van der Waals surface area contributed by atoms with Gasteiger partial charge < -0.3 is 0 Å². The standard InChI is InChI=1S/CHO2.CH3.Ra/c2-1-3;;/h(H,2,3);1H3;. The first kappa shape index (κ1) is 5.94. The van der Waals surface area contributed by atoms with Gasteiger partial charge in [-0.2, -0.15) is 0 Å². The van der Waals surface area contributed by atoms with Crippen LogP contribution in [0.2, 0.25) is 1.96 Å². The number of rotatable bonds is 1. The van der Waals surface area contributed by atoms with E-state index in [2.05, 4.69) is 0 Å². The van der Waals surface area contributed by atoms with Gasteiger partial charge in [0.2, 0.25) is 0 Å². The Morgan fingerprint density at radius 2 is 2.20 bits per heavy atom. The molecular formula is C2H4O2Ra. The minimum absolute atomic E-state index is 0.516. The molecule has 0 atom stereocenters. The van der Waals surface area contributed by atoms with Crippen LogP contribution in [-0.4, -0.2) is 6.12 Å². The molecular weight excluding hydrogens is 282 g/mol. The first-order valence-corrected chi connectivity index (χ1v) is 10.2. The van der Waals surface area contributed by atoms with Crippen molar-refractivity contribution in [2.24, 2.45) is 0 Å². The SMILES string of the molecule is [CH3][Ra][C](=O)O. The van der Waals surface area contributed by atoms with E-state index in [0.717, 1.165) is 0 Å². The Labute approximate surface area is 52.7 Å². The summed E-state index contributed by atoms with van der Waals surface area (Å²) in [5, 5.41) is 7.82. The van der Waals surface area contributed by atoms with E-state index in [0.29, 0.717) is 0 Å². The van der Waals surface area contributed by atoms with Crippen molar-refractivity contribution in [3.8, 4) is 0 Å². The summed E-state index contributed by atoms with van der Waals surface area (Å²) in [7, 11) is 0. The van der Waals surface area contributed by atoms with E-state index in [1.165, 1.54) is 0 Å². The molecule has 5 heavy (non-hydrogen) atoms. The van der Waals surface area contributed by atoms with E-state index in [1.807, 2.05) is 1.96 Å². The summed E-state index contributed by atoms with van der Waals surface area (Å²) in [6.07, 6.45) is 0. The molecule has 0 radical (unpaired) electrons. The van der Waals surface area contributed by atoms with Gasteiger partial charge in [-0.25, -0.2) is 0 Å². The van der Waals surface area contributed by atoms with Crippen molar-refractivity contribution < 1.29 is 50.5 Å². The fraction of sp³-hybridized carbons (Fsp3) is 0.500. The normalized spacial score (nSPS) is 5.80. The fourth-order valence-corrected chi connectivity index (χ4v) is 0. The molecule has 0 unspecified atom stereocenters. The number of hydrogen-bond donors (Lipinski definition) is 1. The van der Waals surface area contributed by atoms with Crippen LogP contribution < -0.4 is 0 Å². The Morgan fingerprint density at radius 3 is 2.20 bits per heavy atom. The third-order valence-electron chi connectivity index (χ3n) is 0.302. The summed E-state index contributed by atoms with van der Waals surface area (Å²) in [6, 6.07) is 0. The van der Waals surface area contributed by atoms with Crippen LogP contribution in [0.3, 0.4) is 0 Å². The maximum absolute atomic E-state index is 9.47. The summed E-state index contributed by atoms with van der Waals surface area (Å²) in [5.74, 6) is 0. The Kier molecular flexibility index (Phi) is 3.73. The van der Waals surface area contributed by atoms with Crippen LogP contribution in [0.15, 0.2) is 0 Å². The van der Waals surface area contributed by atoms with Crippen molar-refractivity contribution >= 4 is 1.01 Å². The van der Waals surface area contributed by atoms with Gasteiger partial charge in [-0.15, -0.1) is 0 Å². The summed E-state index contributed by atoms with van der Waals surface area (Å²) < 4.78 is 1.31. The Bertz CT molecular complexity index is 42.9. The summed E-state index contributed by atoms with van der Waals surface area (Å²) in [4.78, 5) is 9.47. The predicted octanol–water partition coefficient (Wildman–Crippen LogP) is 0.797. The molecule has 1 N–H and O–H groups in total. The average molecular weight is 286 g/mol. The summed E-state index contributed by atoms with van der Waals surface area (Å²) in [6.45, 7) is 0. The molecule has 0 saturated heterocycles. The van der Waals surface area contributed by atoms with Crippen molar-refractivity contribution in [1.29, 1.82) is 0 Å². The zero-order chi connectivity index (χ0) is 4.28. The van der Waals surface area contributed by atoms with Crippen LogP contribution in [0, 0.1) is 40.6 Å². The summed E-state index contributed by atoms with van der Waals surface area (Å²) >= 11 is -1.36. The average Bonchev–Trinajstić information content (AvgIpc) is 1.38. The van der Waals surface area contributed by atoms with Crippen LogP contribution >= 0.6 is 0 Å². The Balaban J connectivity index is 2.85. The third kappa shape index (κ3) is 4.94. The van der Waals surface area contributed by atoms with Gasteiger partial charge in [-0.05, 0) is 0 Å². The van der Waals surface area contributed by atoms with Gasteiger partial charge in [0.05, 0.1) is 0 Å². The zero-order valence-corrected chi connectivity index (χ0v) is 8.87. The van der Waals surface area contributed by atoms with Crippen molar-refractivity contribution in [1.82, 2.24) is 0 Å². The topological polar surface area (TPSA) is 37.3 Å². The Hall–Kier alpha value is 0.938. The van der Waals surface area contributed by atoms with E-state index in [1.54, 1.807) is 0 Å². The molecule has 0 spiro atoms. The van der Waals surface area contributed by atoms with Gasteiger partial charge in [0.1, 0.15) is 0 Å². The van der Waals surface area contributed by atoms with Crippen LogP contribution in [-0.2, 0) is 0 Å². The van der Waals surface area contributed by atoms with E-state index in [9.17, 15) is 4.79 Å². The molecule has 0 heterocycles. The molecule has 0 aromatic carbocycles. The van der Waals surface area contributed by atoms with E-state index in [-0.39, 0.29) is 0 Å². The molecule has 0 fully saturated rings. The zero-order valence-electron chi connectivity index (χ0n) is 3.06. The van der Waals surface area contributed by atoms with E-state index in [4.69, 9.17) is 5.11 Å². The van der Waals surface area contributed by atoms with Gasteiger partial charge in [0, 0.05) is 0 Å². The van der Waals surface area contributed by atoms with Crippen molar-refractivity contribution in [3.63, 3.8) is 0 Å². The first-order valence-electron chi connectivity index (χ1n) is 1.49. The van der Waals surface area contributed by atoms with Gasteiger partial charge in [-0.1, -0.05) is 0 Å². The second kappa shape index (κ2) is 3.14. The molecule has 0 amide bonds. The van der Waals surface area contributed by atoms with Crippen LogP contribution in [0.5, 0.6) is 0 Å². The molecule has 3 heteroatoms. The summed E-state index contributed by atoms with van der Waals surface area (Å²) in [5.41, 5.74) is 0. The first-order chi connectivity index (χ1) is 2.27. The second-order valence-corrected chi connectivity index (χ2v) is 6.14. The fourth-order valence-electron chi connectivity index (χ4n) is 0. The van der Waals surface area contributed by atoms with Crippen molar-refractivity contribution in [3.05, 3.63) is 0 Å². The number of carbonyl (C=O) groups is 1. The van der Waals surface area contributed by atoms with Crippen molar-refractivity contribution in [2.45, 2.75) is 1.96 Å². The molecule has 0 aliphatic heterocycles. The Morgan fingerprint density at radius 1 is 2.00 bits per heavy atom. The van der Waals surface area contributed by atoms with Crippen LogP contribution in [0.4, 0.5) is 4.79 Å². The van der Waals surface area contributed by atoms with Gasteiger partial charge in [0.25, 0.3) is 0 Å². The molecule has 0 aromatic rings. The monoisotopic (exact) mass is 286 g/mol. The molecule has 0 rings (SSSR count). The van der Waals surface area contributed by atoms with Gasteiger partial charge in [-0.3, -0.25) is 0 Å². The van der Waals surface area contributed by atoms with Crippen LogP contribution in [0.1, 0.15) is 0 Å². The molecule has 26 valence electrons. The maximum atomic E-state index is 9.47. The predicted molar refractivity (Wildman–Crippen MR) is 13.9 cm³/mol. The van der Waals surface area contributed by atoms with Crippen molar-refractivity contribution in [2.75, 3.05) is 0 Å². The third-order valence-corrected chi connectivity index (χ3v) is 2.79. The molecule has 0 bridgehead atoms. The molecule has 0 aromatic heterocycles. The molecule has 0 aliphatic rings. The molecule has 0 aliphatic carbocycles. The minimum atomic E-state index is -1.36. The van der Waals surface area contributed by atoms with Gasteiger partial charge in [0.15, 0.2) is 0 Å². The van der Waals surface area contributed by atoms with Crippen LogP contribution in [0.25, 0.3) is 0 Å².